The zero-order valence-electron chi connectivity index (χ0n) is 9.69. The van der Waals surface area contributed by atoms with E-state index in [1.165, 1.54) is 0 Å². The number of carbonyl (C=O) groups excluding carboxylic acids is 1. The summed E-state index contributed by atoms with van der Waals surface area (Å²) in [7, 11) is 1.82. The molecule has 16 heavy (non-hydrogen) atoms. The van der Waals surface area contributed by atoms with Gasteiger partial charge in [0.1, 0.15) is 5.69 Å². The zero-order valence-corrected chi connectivity index (χ0v) is 9.69. The van der Waals surface area contributed by atoms with Crippen LogP contribution in [0.3, 0.4) is 0 Å². The molecule has 3 nitrogen and oxygen atoms in total. The Morgan fingerprint density at radius 1 is 1.19 bits per heavy atom. The minimum atomic E-state index is 0.0202. The highest BCUT2D eigenvalue weighted by Gasteiger charge is 2.12. The van der Waals surface area contributed by atoms with E-state index in [1.807, 2.05) is 33.0 Å². The van der Waals surface area contributed by atoms with Crippen LogP contribution in [0, 0.1) is 13.8 Å². The molecule has 1 aromatic carbocycles. The highest BCUT2D eigenvalue weighted by Crippen LogP contribution is 2.13. The fraction of sp³-hybridized carbons (Fsp3) is 0.231. The fourth-order valence-electron chi connectivity index (χ4n) is 1.83. The number of aryl methyl sites for hydroxylation is 3. The van der Waals surface area contributed by atoms with Gasteiger partial charge in [0.15, 0.2) is 0 Å². The lowest BCUT2D eigenvalue weighted by Gasteiger charge is -2.04. The zero-order chi connectivity index (χ0) is 11.7. The molecule has 0 spiro atoms. The van der Waals surface area contributed by atoms with E-state index >= 15 is 0 Å². The van der Waals surface area contributed by atoms with Crippen molar-refractivity contribution in [1.29, 1.82) is 0 Å². The molecular weight excluding hydrogens is 200 g/mol. The topological polar surface area (TPSA) is 34.9 Å². The second kappa shape index (κ2) is 3.93. The number of hydrogen-bond donors (Lipinski definition) is 0. The van der Waals surface area contributed by atoms with Crippen LogP contribution < -0.4 is 0 Å². The van der Waals surface area contributed by atoms with Crippen LogP contribution in [0.25, 0.3) is 0 Å². The summed E-state index contributed by atoms with van der Waals surface area (Å²) in [4.78, 5) is 16.1. The van der Waals surface area contributed by atoms with Crippen molar-refractivity contribution < 1.29 is 4.79 Å². The first-order valence-electron chi connectivity index (χ1n) is 5.17. The van der Waals surface area contributed by atoms with Gasteiger partial charge in [-0.3, -0.25) is 4.79 Å². The molecule has 0 bridgehead atoms. The second-order valence-corrected chi connectivity index (χ2v) is 4.10. The van der Waals surface area contributed by atoms with Gasteiger partial charge in [-0.2, -0.15) is 0 Å². The first kappa shape index (κ1) is 10.6. The lowest BCUT2D eigenvalue weighted by Crippen LogP contribution is -2.07. The third kappa shape index (κ3) is 1.89. The fourth-order valence-corrected chi connectivity index (χ4v) is 1.83. The maximum atomic E-state index is 12.2. The number of aromatic nitrogens is 2. The third-order valence-electron chi connectivity index (χ3n) is 2.53. The Hall–Kier alpha value is -1.90. The summed E-state index contributed by atoms with van der Waals surface area (Å²) >= 11 is 0. The first-order chi connectivity index (χ1) is 7.58. The standard InChI is InChI=1S/C13H14N2O/c1-9-4-10(2)6-11(5-9)13(16)12-7-14-8-15(12)3/h4-8H,1-3H3. The Kier molecular flexibility index (Phi) is 2.60. The molecule has 0 fully saturated rings. The number of rotatable bonds is 2. The van der Waals surface area contributed by atoms with E-state index in [0.717, 1.165) is 16.7 Å². The summed E-state index contributed by atoms with van der Waals surface area (Å²) in [5.41, 5.74) is 3.54. The number of nitrogens with zero attached hydrogens (tertiary/aromatic N) is 2. The van der Waals surface area contributed by atoms with E-state index in [-0.39, 0.29) is 5.78 Å². The van der Waals surface area contributed by atoms with Crippen LogP contribution in [-0.2, 0) is 7.05 Å². The Bertz CT molecular complexity index is 520. The smallest absolute Gasteiger partial charge is 0.211 e. The van der Waals surface area contributed by atoms with Gasteiger partial charge in [0, 0.05) is 12.6 Å². The van der Waals surface area contributed by atoms with Crippen LogP contribution in [-0.4, -0.2) is 15.3 Å². The van der Waals surface area contributed by atoms with Gasteiger partial charge in [-0.05, 0) is 26.0 Å². The number of benzene rings is 1. The molecule has 0 radical (unpaired) electrons. The highest BCUT2D eigenvalue weighted by molar-refractivity contribution is 6.07. The SMILES string of the molecule is Cc1cc(C)cc(C(=O)c2cncn2C)c1. The molecule has 0 unspecified atom stereocenters. The van der Waals surface area contributed by atoms with Gasteiger partial charge in [0.2, 0.25) is 5.78 Å². The van der Waals surface area contributed by atoms with Crippen LogP contribution in [0.2, 0.25) is 0 Å². The molecule has 3 heteroatoms. The maximum absolute atomic E-state index is 12.2. The van der Waals surface area contributed by atoms with Crippen LogP contribution in [0.1, 0.15) is 27.2 Å². The summed E-state index contributed by atoms with van der Waals surface area (Å²) in [5, 5.41) is 0. The Morgan fingerprint density at radius 2 is 1.81 bits per heavy atom. The molecular formula is C13H14N2O. The quantitative estimate of drug-likeness (QED) is 0.719. The van der Waals surface area contributed by atoms with Crippen LogP contribution >= 0.6 is 0 Å². The van der Waals surface area contributed by atoms with Crippen LogP contribution in [0.4, 0.5) is 0 Å². The van der Waals surface area contributed by atoms with E-state index in [9.17, 15) is 4.79 Å². The Balaban J connectivity index is 2.45. The largest absolute Gasteiger partial charge is 0.331 e. The molecule has 82 valence electrons. The summed E-state index contributed by atoms with van der Waals surface area (Å²) in [6.45, 7) is 3.99. The van der Waals surface area contributed by atoms with Gasteiger partial charge < -0.3 is 4.57 Å². The van der Waals surface area contributed by atoms with E-state index < -0.39 is 0 Å². The molecule has 0 aliphatic heterocycles. The highest BCUT2D eigenvalue weighted by atomic mass is 16.1. The lowest BCUT2D eigenvalue weighted by atomic mass is 10.0. The van der Waals surface area contributed by atoms with Crippen molar-refractivity contribution in [2.45, 2.75) is 13.8 Å². The second-order valence-electron chi connectivity index (χ2n) is 4.10. The average Bonchev–Trinajstić information content (AvgIpc) is 2.62. The number of imidazole rings is 1. The molecule has 1 heterocycles. The molecule has 0 N–H and O–H groups in total. The Labute approximate surface area is 94.7 Å². The van der Waals surface area contributed by atoms with E-state index in [1.54, 1.807) is 17.1 Å². The average molecular weight is 214 g/mol. The minimum absolute atomic E-state index is 0.0202. The molecule has 2 aromatic rings. The molecule has 0 aliphatic rings. The van der Waals surface area contributed by atoms with E-state index in [0.29, 0.717) is 5.69 Å². The van der Waals surface area contributed by atoms with Crippen LogP contribution in [0.15, 0.2) is 30.7 Å². The molecule has 0 saturated carbocycles. The van der Waals surface area contributed by atoms with Gasteiger partial charge in [0.05, 0.1) is 12.5 Å². The first-order valence-corrected chi connectivity index (χ1v) is 5.17. The molecule has 1 aromatic heterocycles. The van der Waals surface area contributed by atoms with Gasteiger partial charge >= 0.3 is 0 Å². The summed E-state index contributed by atoms with van der Waals surface area (Å²) in [6, 6.07) is 5.87. The number of hydrogen-bond acceptors (Lipinski definition) is 2. The molecule has 0 saturated heterocycles. The maximum Gasteiger partial charge on any atom is 0.211 e. The van der Waals surface area contributed by atoms with E-state index in [4.69, 9.17) is 0 Å². The van der Waals surface area contributed by atoms with Crippen molar-refractivity contribution in [1.82, 2.24) is 9.55 Å². The van der Waals surface area contributed by atoms with Gasteiger partial charge in [-0.25, -0.2) is 4.98 Å². The van der Waals surface area contributed by atoms with E-state index in [2.05, 4.69) is 11.1 Å². The van der Waals surface area contributed by atoms with Crippen molar-refractivity contribution in [2.24, 2.45) is 7.05 Å². The van der Waals surface area contributed by atoms with Gasteiger partial charge in [-0.1, -0.05) is 17.2 Å². The summed E-state index contributed by atoms with van der Waals surface area (Å²) in [5.74, 6) is 0.0202. The van der Waals surface area contributed by atoms with Gasteiger partial charge in [-0.15, -0.1) is 0 Å². The van der Waals surface area contributed by atoms with Crippen LogP contribution in [0.5, 0.6) is 0 Å². The third-order valence-corrected chi connectivity index (χ3v) is 2.53. The summed E-state index contributed by atoms with van der Waals surface area (Å²) < 4.78 is 1.74. The molecule has 0 atom stereocenters. The number of ketones is 1. The van der Waals surface area contributed by atoms with Crippen molar-refractivity contribution in [3.8, 4) is 0 Å². The number of carbonyl (C=O) groups is 1. The van der Waals surface area contributed by atoms with Crippen molar-refractivity contribution in [3.05, 3.63) is 53.1 Å². The Morgan fingerprint density at radius 3 is 2.31 bits per heavy atom. The van der Waals surface area contributed by atoms with Crippen molar-refractivity contribution in [2.75, 3.05) is 0 Å². The van der Waals surface area contributed by atoms with Gasteiger partial charge in [0.25, 0.3) is 0 Å². The lowest BCUT2D eigenvalue weighted by molar-refractivity contribution is 0.103. The molecule has 2 rings (SSSR count). The predicted molar refractivity (Wildman–Crippen MR) is 62.6 cm³/mol. The predicted octanol–water partition coefficient (Wildman–Crippen LogP) is 2.27. The monoisotopic (exact) mass is 214 g/mol. The normalized spacial score (nSPS) is 10.4. The van der Waals surface area contributed by atoms with Crippen molar-refractivity contribution >= 4 is 5.78 Å². The molecule has 0 amide bonds. The molecule has 0 aliphatic carbocycles. The summed E-state index contributed by atoms with van der Waals surface area (Å²) in [6.07, 6.45) is 3.23. The van der Waals surface area contributed by atoms with Crippen molar-refractivity contribution in [3.63, 3.8) is 0 Å². The minimum Gasteiger partial charge on any atom is -0.331 e.